The molecule has 0 saturated heterocycles. The van der Waals surface area contributed by atoms with Gasteiger partial charge < -0.3 is 9.55 Å². The smallest absolute Gasteiger partial charge is 0.178 e. The van der Waals surface area contributed by atoms with Crippen LogP contribution in [0.4, 0.5) is 0 Å². The first-order valence-electron chi connectivity index (χ1n) is 7.09. The second-order valence-corrected chi connectivity index (χ2v) is 5.89. The normalized spacial score (nSPS) is 12.3. The number of rotatable bonds is 3. The summed E-state index contributed by atoms with van der Waals surface area (Å²) in [4.78, 5) is 7.82. The summed E-state index contributed by atoms with van der Waals surface area (Å²) in [5, 5.41) is 1.16. The average molecular weight is 285 g/mol. The first-order valence-corrected chi connectivity index (χ1v) is 7.50. The Morgan fingerprint density at radius 1 is 1.25 bits per heavy atom. The SMILES string of the molecule is CCC(C)(CC)n1c(=S)[nH]c2cnc3ccccc3c21. The second-order valence-electron chi connectivity index (χ2n) is 5.51. The average Bonchev–Trinajstić information content (AvgIpc) is 2.83. The summed E-state index contributed by atoms with van der Waals surface area (Å²) in [6.07, 6.45) is 3.97. The van der Waals surface area contributed by atoms with E-state index in [0.29, 0.717) is 0 Å². The summed E-state index contributed by atoms with van der Waals surface area (Å²) in [6.45, 7) is 6.70. The highest BCUT2D eigenvalue weighted by molar-refractivity contribution is 7.71. The van der Waals surface area contributed by atoms with Crippen molar-refractivity contribution in [3.8, 4) is 0 Å². The van der Waals surface area contributed by atoms with E-state index in [9.17, 15) is 0 Å². The molecule has 0 atom stereocenters. The van der Waals surface area contributed by atoms with Crippen molar-refractivity contribution in [2.24, 2.45) is 0 Å². The van der Waals surface area contributed by atoms with Gasteiger partial charge in [-0.25, -0.2) is 0 Å². The van der Waals surface area contributed by atoms with Crippen molar-refractivity contribution in [2.75, 3.05) is 0 Å². The van der Waals surface area contributed by atoms with Crippen molar-refractivity contribution >= 4 is 34.2 Å². The maximum absolute atomic E-state index is 5.58. The van der Waals surface area contributed by atoms with E-state index >= 15 is 0 Å². The van der Waals surface area contributed by atoms with Crippen LogP contribution in [-0.4, -0.2) is 14.5 Å². The Morgan fingerprint density at radius 2 is 1.95 bits per heavy atom. The molecule has 0 aliphatic rings. The molecule has 3 nitrogen and oxygen atoms in total. The van der Waals surface area contributed by atoms with Gasteiger partial charge in [0.15, 0.2) is 4.77 Å². The molecule has 0 saturated carbocycles. The van der Waals surface area contributed by atoms with Crippen molar-refractivity contribution in [3.63, 3.8) is 0 Å². The maximum atomic E-state index is 5.58. The molecule has 3 rings (SSSR count). The van der Waals surface area contributed by atoms with Crippen LogP contribution in [0.2, 0.25) is 0 Å². The zero-order valence-corrected chi connectivity index (χ0v) is 12.9. The van der Waals surface area contributed by atoms with E-state index in [-0.39, 0.29) is 5.54 Å². The van der Waals surface area contributed by atoms with Crippen molar-refractivity contribution in [2.45, 2.75) is 39.2 Å². The molecule has 0 spiro atoms. The number of hydrogen-bond acceptors (Lipinski definition) is 2. The summed E-state index contributed by atoms with van der Waals surface area (Å²) in [5.41, 5.74) is 3.23. The first-order chi connectivity index (χ1) is 9.60. The van der Waals surface area contributed by atoms with E-state index < -0.39 is 0 Å². The van der Waals surface area contributed by atoms with Crippen LogP contribution in [-0.2, 0) is 5.54 Å². The Morgan fingerprint density at radius 3 is 2.65 bits per heavy atom. The predicted octanol–water partition coefficient (Wildman–Crippen LogP) is 4.78. The quantitative estimate of drug-likeness (QED) is 0.702. The number of aromatic amines is 1. The van der Waals surface area contributed by atoms with Crippen LogP contribution in [0, 0.1) is 4.77 Å². The third-order valence-corrected chi connectivity index (χ3v) is 4.76. The largest absolute Gasteiger partial charge is 0.329 e. The molecular formula is C16H19N3S. The summed E-state index contributed by atoms with van der Waals surface area (Å²) in [6, 6.07) is 8.24. The molecule has 0 aliphatic heterocycles. The van der Waals surface area contributed by atoms with Crippen LogP contribution in [0.5, 0.6) is 0 Å². The second kappa shape index (κ2) is 4.70. The molecule has 104 valence electrons. The van der Waals surface area contributed by atoms with Gasteiger partial charge in [0.05, 0.1) is 22.7 Å². The molecule has 2 heterocycles. The van der Waals surface area contributed by atoms with Crippen LogP contribution >= 0.6 is 12.2 Å². The Hall–Kier alpha value is -1.68. The van der Waals surface area contributed by atoms with Gasteiger partial charge in [-0.15, -0.1) is 0 Å². The first kappa shape index (κ1) is 13.3. The highest BCUT2D eigenvalue weighted by Gasteiger charge is 2.26. The van der Waals surface area contributed by atoms with Crippen LogP contribution in [0.25, 0.3) is 21.9 Å². The minimum Gasteiger partial charge on any atom is -0.329 e. The summed E-state index contributed by atoms with van der Waals surface area (Å²) < 4.78 is 3.06. The molecule has 0 fully saturated rings. The fourth-order valence-corrected chi connectivity index (χ4v) is 3.23. The van der Waals surface area contributed by atoms with Crippen molar-refractivity contribution < 1.29 is 0 Å². The van der Waals surface area contributed by atoms with E-state index in [1.54, 1.807) is 0 Å². The number of benzene rings is 1. The predicted molar refractivity (Wildman–Crippen MR) is 86.7 cm³/mol. The maximum Gasteiger partial charge on any atom is 0.178 e. The zero-order chi connectivity index (χ0) is 14.3. The fraction of sp³-hybridized carbons (Fsp3) is 0.375. The molecule has 4 heteroatoms. The van der Waals surface area contributed by atoms with Gasteiger partial charge in [0.1, 0.15) is 0 Å². The third-order valence-electron chi connectivity index (χ3n) is 4.48. The molecule has 0 unspecified atom stereocenters. The Labute approximate surface area is 123 Å². The number of hydrogen-bond donors (Lipinski definition) is 1. The summed E-state index contributed by atoms with van der Waals surface area (Å²) >= 11 is 5.58. The van der Waals surface area contributed by atoms with E-state index in [4.69, 9.17) is 12.2 Å². The zero-order valence-electron chi connectivity index (χ0n) is 12.1. The molecule has 2 aromatic heterocycles. The van der Waals surface area contributed by atoms with Crippen LogP contribution in [0.3, 0.4) is 0 Å². The van der Waals surface area contributed by atoms with Gasteiger partial charge in [-0.05, 0) is 38.0 Å². The highest BCUT2D eigenvalue weighted by Crippen LogP contribution is 2.32. The van der Waals surface area contributed by atoms with E-state index in [2.05, 4.69) is 47.4 Å². The lowest BCUT2D eigenvalue weighted by Crippen LogP contribution is -2.28. The molecule has 0 bridgehead atoms. The monoisotopic (exact) mass is 285 g/mol. The molecule has 1 N–H and O–H groups in total. The van der Waals surface area contributed by atoms with Crippen molar-refractivity contribution in [1.82, 2.24) is 14.5 Å². The molecule has 0 radical (unpaired) electrons. The van der Waals surface area contributed by atoms with E-state index in [1.807, 2.05) is 18.3 Å². The highest BCUT2D eigenvalue weighted by atomic mass is 32.1. The van der Waals surface area contributed by atoms with Crippen LogP contribution < -0.4 is 0 Å². The van der Waals surface area contributed by atoms with Gasteiger partial charge in [0, 0.05) is 10.9 Å². The molecule has 20 heavy (non-hydrogen) atoms. The van der Waals surface area contributed by atoms with Gasteiger partial charge in [0.25, 0.3) is 0 Å². The Balaban J connectivity index is 2.51. The lowest BCUT2D eigenvalue weighted by Gasteiger charge is -2.29. The topological polar surface area (TPSA) is 33.6 Å². The van der Waals surface area contributed by atoms with Gasteiger partial charge in [-0.1, -0.05) is 32.0 Å². The molecule has 0 amide bonds. The minimum atomic E-state index is 0.0272. The van der Waals surface area contributed by atoms with Crippen LogP contribution in [0.15, 0.2) is 30.5 Å². The fourth-order valence-electron chi connectivity index (χ4n) is 2.81. The number of fused-ring (bicyclic) bond motifs is 3. The Bertz CT molecular complexity index is 824. The number of aromatic nitrogens is 3. The molecular weight excluding hydrogens is 266 g/mol. The Kier molecular flexibility index (Phi) is 3.13. The van der Waals surface area contributed by atoms with Crippen molar-refractivity contribution in [1.29, 1.82) is 0 Å². The van der Waals surface area contributed by atoms with Crippen LogP contribution in [0.1, 0.15) is 33.6 Å². The number of nitrogens with zero attached hydrogens (tertiary/aromatic N) is 2. The standard InChI is InChI=1S/C16H19N3S/c1-4-16(3,5-2)19-14-11-8-6-7-9-12(11)17-10-13(14)18-15(19)20/h6-10H,4-5H2,1-3H3,(H,18,20). The minimum absolute atomic E-state index is 0.0272. The van der Waals surface area contributed by atoms with E-state index in [0.717, 1.165) is 34.0 Å². The van der Waals surface area contributed by atoms with Gasteiger partial charge in [-0.3, -0.25) is 4.98 Å². The third kappa shape index (κ3) is 1.79. The van der Waals surface area contributed by atoms with Gasteiger partial charge in [-0.2, -0.15) is 0 Å². The number of pyridine rings is 1. The molecule has 1 aromatic carbocycles. The number of para-hydroxylation sites is 1. The summed E-state index contributed by atoms with van der Waals surface area (Å²) in [5.74, 6) is 0. The van der Waals surface area contributed by atoms with E-state index in [1.165, 1.54) is 5.52 Å². The molecule has 3 aromatic rings. The molecule has 0 aliphatic carbocycles. The van der Waals surface area contributed by atoms with Crippen molar-refractivity contribution in [3.05, 3.63) is 35.2 Å². The lowest BCUT2D eigenvalue weighted by molar-refractivity contribution is 0.300. The number of imidazole rings is 1. The number of nitrogens with one attached hydrogen (secondary N) is 1. The van der Waals surface area contributed by atoms with Gasteiger partial charge in [0.2, 0.25) is 0 Å². The number of H-pyrrole nitrogens is 1. The summed E-state index contributed by atoms with van der Waals surface area (Å²) in [7, 11) is 0. The van der Waals surface area contributed by atoms with Gasteiger partial charge >= 0.3 is 0 Å². The lowest BCUT2D eigenvalue weighted by atomic mass is 9.95.